The van der Waals surface area contributed by atoms with E-state index in [2.05, 4.69) is 4.74 Å². The molecule has 8 heavy (non-hydrogen) atoms. The van der Waals surface area contributed by atoms with Gasteiger partial charge in [-0.05, 0) is 6.92 Å². The number of ether oxygens (including phenoxy) is 2. The Morgan fingerprint density at radius 1 is 1.62 bits per heavy atom. The molecule has 0 aliphatic rings. The third-order valence-corrected chi connectivity index (χ3v) is 0.668. The van der Waals surface area contributed by atoms with E-state index in [9.17, 15) is 0 Å². The first-order valence-electron chi connectivity index (χ1n) is 2.59. The summed E-state index contributed by atoms with van der Waals surface area (Å²) in [7, 11) is 1.52. The zero-order chi connectivity index (χ0) is 6.41. The lowest BCUT2D eigenvalue weighted by Gasteiger charge is -2.07. The van der Waals surface area contributed by atoms with Gasteiger partial charge in [-0.2, -0.15) is 0 Å². The van der Waals surface area contributed by atoms with Crippen LogP contribution in [0.25, 0.3) is 0 Å². The highest BCUT2D eigenvalue weighted by Crippen LogP contribution is 1.84. The number of aliphatic hydroxyl groups is 1. The lowest BCUT2D eigenvalue weighted by atomic mass is 10.7. The summed E-state index contributed by atoms with van der Waals surface area (Å²) in [6, 6.07) is 0. The van der Waals surface area contributed by atoms with Crippen molar-refractivity contribution in [2.45, 2.75) is 13.2 Å². The summed E-state index contributed by atoms with van der Waals surface area (Å²) in [5.41, 5.74) is 0. The highest BCUT2D eigenvalue weighted by Gasteiger charge is 1.98. The van der Waals surface area contributed by atoms with Crippen molar-refractivity contribution in [3.63, 3.8) is 0 Å². The summed E-state index contributed by atoms with van der Waals surface area (Å²) in [6.07, 6.45) is -0.759. The zero-order valence-electron chi connectivity index (χ0n) is 5.26. The van der Waals surface area contributed by atoms with E-state index in [1.54, 1.807) is 0 Å². The molecule has 0 amide bonds. The van der Waals surface area contributed by atoms with E-state index in [-0.39, 0.29) is 6.61 Å². The normalized spacial score (nSPS) is 13.9. The fraction of sp³-hybridized carbons (Fsp3) is 1.00. The average Bonchev–Trinajstić information content (AvgIpc) is 1.68. The Bertz CT molecular complexity index is 40.9. The van der Waals surface area contributed by atoms with Crippen molar-refractivity contribution < 1.29 is 14.6 Å². The number of aliphatic hydroxyl groups excluding tert-OH is 1. The molecule has 0 fully saturated rings. The van der Waals surface area contributed by atoms with Crippen LogP contribution >= 0.6 is 0 Å². The van der Waals surface area contributed by atoms with Crippen molar-refractivity contribution in [1.82, 2.24) is 0 Å². The lowest BCUT2D eigenvalue weighted by molar-refractivity contribution is -0.127. The highest BCUT2D eigenvalue weighted by atomic mass is 16.6. The van der Waals surface area contributed by atoms with Crippen molar-refractivity contribution in [3.8, 4) is 0 Å². The van der Waals surface area contributed by atoms with Gasteiger partial charge in [0.05, 0.1) is 6.61 Å². The van der Waals surface area contributed by atoms with Gasteiger partial charge in [0, 0.05) is 13.7 Å². The van der Waals surface area contributed by atoms with Gasteiger partial charge < -0.3 is 14.6 Å². The molecule has 0 aliphatic heterocycles. The molecule has 1 unspecified atom stereocenters. The van der Waals surface area contributed by atoms with E-state index < -0.39 is 6.29 Å². The fourth-order valence-corrected chi connectivity index (χ4v) is 0.383. The van der Waals surface area contributed by atoms with Crippen LogP contribution in [-0.2, 0) is 9.47 Å². The van der Waals surface area contributed by atoms with Gasteiger partial charge in [-0.3, -0.25) is 0 Å². The van der Waals surface area contributed by atoms with Crippen LogP contribution in [0.3, 0.4) is 0 Å². The fourth-order valence-electron chi connectivity index (χ4n) is 0.383. The van der Waals surface area contributed by atoms with Crippen LogP contribution in [0.5, 0.6) is 0 Å². The average molecular weight is 120 g/mol. The van der Waals surface area contributed by atoms with Crippen LogP contribution in [0.4, 0.5) is 0 Å². The molecule has 0 aromatic rings. The molecule has 3 nitrogen and oxygen atoms in total. The van der Waals surface area contributed by atoms with Crippen molar-refractivity contribution in [2.24, 2.45) is 0 Å². The topological polar surface area (TPSA) is 38.7 Å². The monoisotopic (exact) mass is 120 g/mol. The van der Waals surface area contributed by atoms with Gasteiger partial charge in [0.2, 0.25) is 0 Å². The predicted molar refractivity (Wildman–Crippen MR) is 29.5 cm³/mol. The number of methoxy groups -OCH3 is 1. The summed E-state index contributed by atoms with van der Waals surface area (Å²) in [5, 5.41) is 8.70. The predicted octanol–water partition coefficient (Wildman–Crippen LogP) is -0.0123. The molecular weight excluding hydrogens is 108 g/mol. The van der Waals surface area contributed by atoms with Crippen molar-refractivity contribution in [2.75, 3.05) is 20.3 Å². The minimum absolute atomic E-state index is 0.244. The van der Waals surface area contributed by atoms with E-state index in [4.69, 9.17) is 9.84 Å². The van der Waals surface area contributed by atoms with Gasteiger partial charge in [-0.25, -0.2) is 0 Å². The largest absolute Gasteiger partial charge is 0.379 e. The molecule has 0 aromatic carbocycles. The molecular formula is C5H12O3. The Labute approximate surface area is 49.2 Å². The summed E-state index contributed by atoms with van der Waals surface area (Å²) >= 11 is 0. The van der Waals surface area contributed by atoms with Crippen molar-refractivity contribution >= 4 is 0 Å². The Balaban J connectivity index is 2.92. The first kappa shape index (κ1) is 7.88. The molecule has 0 rings (SSSR count). The smallest absolute Gasteiger partial charge is 0.178 e. The first-order valence-corrected chi connectivity index (χ1v) is 2.59. The Hall–Kier alpha value is -0.120. The first-order chi connectivity index (χ1) is 3.81. The molecule has 0 bridgehead atoms. The number of hydrogen-bond acceptors (Lipinski definition) is 3. The second kappa shape index (κ2) is 5.03. The van der Waals surface area contributed by atoms with Crippen LogP contribution in [-0.4, -0.2) is 31.7 Å². The van der Waals surface area contributed by atoms with Gasteiger partial charge in [0.25, 0.3) is 0 Å². The molecule has 3 heteroatoms. The Morgan fingerprint density at radius 2 is 2.25 bits per heavy atom. The maximum Gasteiger partial charge on any atom is 0.178 e. The maximum atomic E-state index is 8.70. The van der Waals surface area contributed by atoms with E-state index >= 15 is 0 Å². The summed E-state index contributed by atoms with van der Waals surface area (Å²) < 4.78 is 9.29. The van der Waals surface area contributed by atoms with Crippen molar-refractivity contribution in [1.29, 1.82) is 0 Å². The summed E-state index contributed by atoms with van der Waals surface area (Å²) in [6.45, 7) is 2.58. The van der Waals surface area contributed by atoms with Gasteiger partial charge in [0.15, 0.2) is 6.29 Å². The summed E-state index contributed by atoms with van der Waals surface area (Å²) in [5.74, 6) is 0. The molecule has 0 aliphatic carbocycles. The Kier molecular flexibility index (Phi) is 4.95. The van der Waals surface area contributed by atoms with E-state index in [1.807, 2.05) is 6.92 Å². The quantitative estimate of drug-likeness (QED) is 0.530. The molecule has 0 aromatic heterocycles. The second-order valence-corrected chi connectivity index (χ2v) is 1.37. The SMILES string of the molecule is CCOC(O)COC. The lowest BCUT2D eigenvalue weighted by Crippen LogP contribution is -2.17. The van der Waals surface area contributed by atoms with E-state index in [0.29, 0.717) is 6.61 Å². The maximum absolute atomic E-state index is 8.70. The molecule has 1 N–H and O–H groups in total. The zero-order valence-corrected chi connectivity index (χ0v) is 5.26. The summed E-state index contributed by atoms with van der Waals surface area (Å²) in [4.78, 5) is 0. The van der Waals surface area contributed by atoms with Crippen LogP contribution in [0.15, 0.2) is 0 Å². The second-order valence-electron chi connectivity index (χ2n) is 1.37. The van der Waals surface area contributed by atoms with Gasteiger partial charge in [0.1, 0.15) is 0 Å². The molecule has 0 heterocycles. The Morgan fingerprint density at radius 3 is 2.62 bits per heavy atom. The highest BCUT2D eigenvalue weighted by molar-refractivity contribution is 4.32. The molecule has 50 valence electrons. The minimum atomic E-state index is -0.759. The van der Waals surface area contributed by atoms with Gasteiger partial charge >= 0.3 is 0 Å². The van der Waals surface area contributed by atoms with Gasteiger partial charge in [-0.15, -0.1) is 0 Å². The van der Waals surface area contributed by atoms with E-state index in [0.717, 1.165) is 0 Å². The van der Waals surface area contributed by atoms with Crippen LogP contribution in [0.2, 0.25) is 0 Å². The molecule has 0 saturated carbocycles. The molecule has 1 atom stereocenters. The molecule has 0 radical (unpaired) electrons. The molecule has 0 saturated heterocycles. The van der Waals surface area contributed by atoms with E-state index in [1.165, 1.54) is 7.11 Å². The number of hydrogen-bond donors (Lipinski definition) is 1. The third kappa shape index (κ3) is 4.05. The molecule has 0 spiro atoms. The number of rotatable bonds is 4. The standard InChI is InChI=1S/C5H12O3/c1-3-8-5(6)4-7-2/h5-6H,3-4H2,1-2H3. The van der Waals surface area contributed by atoms with Gasteiger partial charge in [-0.1, -0.05) is 0 Å². The third-order valence-electron chi connectivity index (χ3n) is 0.668. The van der Waals surface area contributed by atoms with Crippen LogP contribution in [0, 0.1) is 0 Å². The minimum Gasteiger partial charge on any atom is -0.379 e. The van der Waals surface area contributed by atoms with Crippen LogP contribution in [0.1, 0.15) is 6.92 Å². The van der Waals surface area contributed by atoms with Crippen LogP contribution < -0.4 is 0 Å². The van der Waals surface area contributed by atoms with Crippen molar-refractivity contribution in [3.05, 3.63) is 0 Å².